The van der Waals surface area contributed by atoms with Crippen LogP contribution in [-0.4, -0.2) is 31.0 Å². The van der Waals surface area contributed by atoms with Gasteiger partial charge in [0.25, 0.3) is 5.69 Å². The number of hydrogen-bond donors (Lipinski definition) is 3. The zero-order chi connectivity index (χ0) is 28.7. The molecule has 0 aliphatic heterocycles. The molecule has 0 unspecified atom stereocenters. The van der Waals surface area contributed by atoms with E-state index in [9.17, 15) is 23.3 Å². The van der Waals surface area contributed by atoms with Crippen LogP contribution in [0.4, 0.5) is 16.2 Å². The van der Waals surface area contributed by atoms with Crippen LogP contribution in [0, 0.1) is 22.5 Å². The number of rotatable bonds is 11. The number of H-pyrrole nitrogens is 1. The van der Waals surface area contributed by atoms with Crippen molar-refractivity contribution >= 4 is 50.0 Å². The molecule has 4 rings (SSSR count). The average molecular weight is 581 g/mol. The highest BCUT2D eigenvalue weighted by Crippen LogP contribution is 2.30. The van der Waals surface area contributed by atoms with Crippen molar-refractivity contribution in [3.8, 4) is 12.3 Å². The Labute approximate surface area is 235 Å². The van der Waals surface area contributed by atoms with Crippen LogP contribution in [0.3, 0.4) is 0 Å². The van der Waals surface area contributed by atoms with Crippen LogP contribution in [0.1, 0.15) is 22.4 Å². The fraction of sp³-hybridized carbons (Fsp3) is 0.179. The summed E-state index contributed by atoms with van der Waals surface area (Å²) in [5, 5.41) is 15.4. The number of sulfonamides is 1. The largest absolute Gasteiger partial charge is 0.449 e. The molecule has 10 nitrogen and oxygen atoms in total. The third-order valence-corrected chi connectivity index (χ3v) is 7.42. The van der Waals surface area contributed by atoms with E-state index in [2.05, 4.69) is 20.9 Å². The van der Waals surface area contributed by atoms with Gasteiger partial charge in [-0.05, 0) is 41.0 Å². The van der Waals surface area contributed by atoms with E-state index < -0.39 is 32.5 Å². The number of nitro groups is 1. The topological polar surface area (TPSA) is 143 Å². The van der Waals surface area contributed by atoms with Crippen molar-refractivity contribution in [2.24, 2.45) is 0 Å². The quantitative estimate of drug-likeness (QED) is 0.124. The molecule has 0 saturated carbocycles. The van der Waals surface area contributed by atoms with Gasteiger partial charge in [0, 0.05) is 47.1 Å². The lowest BCUT2D eigenvalue weighted by atomic mass is 10.1. The lowest BCUT2D eigenvalue weighted by Gasteiger charge is -2.11. The number of nitrogens with zero attached hydrogens (tertiary/aromatic N) is 1. The number of alkyl carbamates (subject to hydrolysis) is 1. The molecule has 3 aromatic carbocycles. The summed E-state index contributed by atoms with van der Waals surface area (Å²) in [6.07, 6.45) is 5.04. The third kappa shape index (κ3) is 7.31. The van der Waals surface area contributed by atoms with E-state index in [1.54, 1.807) is 18.2 Å². The third-order valence-electron chi connectivity index (χ3n) is 5.99. The Kier molecular flexibility index (Phi) is 8.93. The predicted molar refractivity (Wildman–Crippen MR) is 154 cm³/mol. The lowest BCUT2D eigenvalue weighted by molar-refractivity contribution is -0.383. The molecular weight excluding hydrogens is 556 g/mol. The van der Waals surface area contributed by atoms with E-state index in [1.807, 2.05) is 30.3 Å². The van der Waals surface area contributed by atoms with Crippen molar-refractivity contribution in [1.82, 2.24) is 10.3 Å². The first-order valence-corrected chi connectivity index (χ1v) is 14.1. The van der Waals surface area contributed by atoms with Gasteiger partial charge in [-0.25, -0.2) is 13.2 Å². The second-order valence-corrected chi connectivity index (χ2v) is 11.0. The molecule has 0 fully saturated rings. The van der Waals surface area contributed by atoms with Gasteiger partial charge in [0.15, 0.2) is 0 Å². The van der Waals surface area contributed by atoms with Gasteiger partial charge >= 0.3 is 6.09 Å². The Morgan fingerprint density at radius 1 is 1.10 bits per heavy atom. The van der Waals surface area contributed by atoms with Gasteiger partial charge in [0.05, 0.1) is 11.5 Å². The molecule has 12 heteroatoms. The Balaban J connectivity index is 1.51. The Morgan fingerprint density at radius 3 is 2.60 bits per heavy atom. The minimum absolute atomic E-state index is 0.0251. The molecule has 4 aromatic rings. The number of nitrogens with one attached hydrogen (secondary N) is 3. The fourth-order valence-electron chi connectivity index (χ4n) is 4.19. The number of fused-ring (bicyclic) bond motifs is 1. The SMILES string of the molecule is C#CCc1ccc(NS(=O)(=O)Cc2[nH]c3ccc(Cl)cc3c2CCOC(=O)NCc2ccccc2)c([N+](=O)[O-])c1. The first-order valence-electron chi connectivity index (χ1n) is 12.1. The minimum Gasteiger partial charge on any atom is -0.449 e. The van der Waals surface area contributed by atoms with E-state index in [-0.39, 0.29) is 25.1 Å². The van der Waals surface area contributed by atoms with Crippen molar-refractivity contribution in [2.75, 3.05) is 11.3 Å². The molecule has 0 bridgehead atoms. The minimum atomic E-state index is -4.11. The number of aromatic nitrogens is 1. The highest BCUT2D eigenvalue weighted by Gasteiger charge is 2.23. The van der Waals surface area contributed by atoms with E-state index in [0.717, 1.165) is 5.56 Å². The van der Waals surface area contributed by atoms with Crippen LogP contribution >= 0.6 is 11.6 Å². The molecule has 0 aliphatic carbocycles. The highest BCUT2D eigenvalue weighted by molar-refractivity contribution is 7.91. The summed E-state index contributed by atoms with van der Waals surface area (Å²) in [7, 11) is -4.11. The normalized spacial score (nSPS) is 11.1. The number of terminal acetylenes is 1. The molecule has 1 aromatic heterocycles. The van der Waals surface area contributed by atoms with Crippen molar-refractivity contribution < 1.29 is 22.9 Å². The summed E-state index contributed by atoms with van der Waals surface area (Å²) >= 11 is 6.19. The maximum atomic E-state index is 13.1. The number of hydrogen-bond acceptors (Lipinski definition) is 6. The van der Waals surface area contributed by atoms with Gasteiger partial charge in [-0.3, -0.25) is 14.8 Å². The van der Waals surface area contributed by atoms with Crippen LogP contribution in [-0.2, 0) is 39.9 Å². The van der Waals surface area contributed by atoms with Crippen LogP contribution in [0.25, 0.3) is 10.9 Å². The predicted octanol–water partition coefficient (Wildman–Crippen LogP) is 5.32. The van der Waals surface area contributed by atoms with Crippen LogP contribution in [0.2, 0.25) is 5.02 Å². The Morgan fingerprint density at radius 2 is 1.88 bits per heavy atom. The second-order valence-electron chi connectivity index (χ2n) is 8.85. The number of ether oxygens (including phenoxy) is 1. The highest BCUT2D eigenvalue weighted by atomic mass is 35.5. The number of carbonyl (C=O) groups is 1. The van der Waals surface area contributed by atoms with Crippen molar-refractivity contribution in [3.63, 3.8) is 0 Å². The maximum absolute atomic E-state index is 13.1. The van der Waals surface area contributed by atoms with Crippen LogP contribution in [0.5, 0.6) is 0 Å². The lowest BCUT2D eigenvalue weighted by Crippen LogP contribution is -2.24. The molecular formula is C28H25ClN4O6S. The number of amides is 1. The molecule has 40 heavy (non-hydrogen) atoms. The standard InChI is InChI=1S/C28H25ClN4O6S/c1-2-6-19-9-11-25(27(15-19)33(35)36)32-40(37,38)18-26-22(23-16-21(29)10-12-24(23)31-26)13-14-39-28(34)30-17-20-7-4-3-5-8-20/h1,3-5,7-12,15-16,31-32H,6,13-14,17-18H2,(H,30,34). The summed E-state index contributed by atoms with van der Waals surface area (Å²) in [6, 6.07) is 18.5. The van der Waals surface area contributed by atoms with Crippen molar-refractivity contribution in [2.45, 2.75) is 25.1 Å². The first kappa shape index (κ1) is 28.5. The molecule has 0 atom stereocenters. The molecule has 206 valence electrons. The summed E-state index contributed by atoms with van der Waals surface area (Å²) in [6.45, 7) is 0.274. The Hall–Kier alpha value is -4.53. The summed E-state index contributed by atoms with van der Waals surface area (Å²) in [5.74, 6) is 1.89. The molecule has 0 radical (unpaired) electrons. The van der Waals surface area contributed by atoms with Crippen molar-refractivity contribution in [1.29, 1.82) is 0 Å². The smallest absolute Gasteiger partial charge is 0.407 e. The van der Waals surface area contributed by atoms with Gasteiger partial charge in [-0.15, -0.1) is 12.3 Å². The Bertz CT molecular complexity index is 1700. The van der Waals surface area contributed by atoms with Gasteiger partial charge in [-0.1, -0.05) is 48.0 Å². The molecule has 0 saturated heterocycles. The van der Waals surface area contributed by atoms with E-state index in [0.29, 0.717) is 39.3 Å². The number of carbonyl (C=O) groups excluding carboxylic acids is 1. The van der Waals surface area contributed by atoms with Gasteiger partial charge in [-0.2, -0.15) is 0 Å². The second kappa shape index (κ2) is 12.5. The van der Waals surface area contributed by atoms with E-state index >= 15 is 0 Å². The van der Waals surface area contributed by atoms with Crippen LogP contribution in [0.15, 0.2) is 66.7 Å². The zero-order valence-electron chi connectivity index (χ0n) is 21.1. The van der Waals surface area contributed by atoms with E-state index in [4.69, 9.17) is 22.8 Å². The van der Waals surface area contributed by atoms with Gasteiger partial charge in [0.2, 0.25) is 10.0 Å². The molecule has 0 aliphatic rings. The number of benzene rings is 3. The molecule has 1 heterocycles. The summed E-state index contributed by atoms with van der Waals surface area (Å²) < 4.78 is 33.9. The summed E-state index contributed by atoms with van der Waals surface area (Å²) in [5.41, 5.74) is 2.42. The number of anilines is 1. The molecule has 3 N–H and O–H groups in total. The van der Waals surface area contributed by atoms with Crippen molar-refractivity contribution in [3.05, 3.63) is 104 Å². The number of halogens is 1. The number of aromatic amines is 1. The summed E-state index contributed by atoms with van der Waals surface area (Å²) in [4.78, 5) is 26.2. The molecule has 1 amide bonds. The monoisotopic (exact) mass is 580 g/mol. The first-order chi connectivity index (χ1) is 19.1. The maximum Gasteiger partial charge on any atom is 0.407 e. The zero-order valence-corrected chi connectivity index (χ0v) is 22.7. The fourth-order valence-corrected chi connectivity index (χ4v) is 5.57. The molecule has 0 spiro atoms. The van der Waals surface area contributed by atoms with E-state index in [1.165, 1.54) is 18.2 Å². The average Bonchev–Trinajstić information content (AvgIpc) is 3.24. The van der Waals surface area contributed by atoms with Crippen LogP contribution < -0.4 is 10.0 Å². The van der Waals surface area contributed by atoms with Gasteiger partial charge in [0.1, 0.15) is 11.4 Å². The van der Waals surface area contributed by atoms with Gasteiger partial charge < -0.3 is 15.0 Å². The number of nitro benzene ring substituents is 1.